The van der Waals surface area contributed by atoms with E-state index < -0.39 is 0 Å². The first-order valence-corrected chi connectivity index (χ1v) is 9.99. The van der Waals surface area contributed by atoms with Crippen molar-refractivity contribution in [3.63, 3.8) is 0 Å². The maximum absolute atomic E-state index is 12.7. The third kappa shape index (κ3) is 4.16. The number of fused-ring (bicyclic) bond motifs is 1. The van der Waals surface area contributed by atoms with Crippen LogP contribution in [0.1, 0.15) is 27.0 Å². The quantitative estimate of drug-likeness (QED) is 0.636. The molecular formula is C24H21ClN2O3. The molecule has 0 radical (unpaired) electrons. The minimum absolute atomic E-state index is 0.0189. The van der Waals surface area contributed by atoms with Crippen molar-refractivity contribution < 1.29 is 14.3 Å². The molecule has 1 heterocycles. The van der Waals surface area contributed by atoms with Crippen molar-refractivity contribution >= 4 is 34.8 Å². The van der Waals surface area contributed by atoms with E-state index in [1.54, 1.807) is 41.3 Å². The second kappa shape index (κ2) is 8.20. The highest BCUT2D eigenvalue weighted by atomic mass is 35.5. The molecule has 2 amide bonds. The molecule has 30 heavy (non-hydrogen) atoms. The lowest BCUT2D eigenvalue weighted by Crippen LogP contribution is -2.38. The Hall–Kier alpha value is -3.31. The molecule has 3 aromatic carbocycles. The van der Waals surface area contributed by atoms with Crippen LogP contribution < -0.4 is 15.0 Å². The number of benzene rings is 3. The summed E-state index contributed by atoms with van der Waals surface area (Å²) in [4.78, 5) is 26.9. The maximum Gasteiger partial charge on any atom is 0.265 e. The lowest BCUT2D eigenvalue weighted by molar-refractivity contribution is -0.121. The Kier molecular flexibility index (Phi) is 5.46. The van der Waals surface area contributed by atoms with Gasteiger partial charge < -0.3 is 15.0 Å². The summed E-state index contributed by atoms with van der Waals surface area (Å²) in [5.74, 6) is 0.258. The van der Waals surface area contributed by atoms with Crippen molar-refractivity contribution in [1.82, 2.24) is 0 Å². The van der Waals surface area contributed by atoms with Crippen molar-refractivity contribution in [2.45, 2.75) is 20.4 Å². The SMILES string of the molecule is Cc1ccc(C(=O)Nc2ccc3c(c2)N(Cc2ccc(Cl)cc2)C(=O)CO3)cc1C. The van der Waals surface area contributed by atoms with Gasteiger partial charge in [-0.15, -0.1) is 0 Å². The number of ether oxygens (including phenoxy) is 1. The van der Waals surface area contributed by atoms with Crippen LogP contribution in [0.2, 0.25) is 5.02 Å². The second-order valence-electron chi connectivity index (χ2n) is 7.33. The predicted molar refractivity (Wildman–Crippen MR) is 118 cm³/mol. The van der Waals surface area contributed by atoms with Crippen LogP contribution in [0.4, 0.5) is 11.4 Å². The van der Waals surface area contributed by atoms with Gasteiger partial charge in [-0.1, -0.05) is 29.8 Å². The van der Waals surface area contributed by atoms with E-state index in [0.717, 1.165) is 16.7 Å². The summed E-state index contributed by atoms with van der Waals surface area (Å²) in [5.41, 5.74) is 4.94. The van der Waals surface area contributed by atoms with Gasteiger partial charge in [-0.2, -0.15) is 0 Å². The topological polar surface area (TPSA) is 58.6 Å². The number of halogens is 1. The van der Waals surface area contributed by atoms with Gasteiger partial charge in [0.25, 0.3) is 11.8 Å². The molecule has 0 spiro atoms. The summed E-state index contributed by atoms with van der Waals surface area (Å²) in [6, 6.07) is 18.3. The molecule has 0 saturated heterocycles. The third-order valence-corrected chi connectivity index (χ3v) is 5.43. The first kappa shape index (κ1) is 20.0. The van der Waals surface area contributed by atoms with Gasteiger partial charge in [0.2, 0.25) is 0 Å². The highest BCUT2D eigenvalue weighted by Gasteiger charge is 2.26. The molecule has 1 N–H and O–H groups in total. The van der Waals surface area contributed by atoms with Gasteiger partial charge in [-0.05, 0) is 73.0 Å². The molecule has 0 saturated carbocycles. The number of hydrogen-bond donors (Lipinski definition) is 1. The van der Waals surface area contributed by atoms with E-state index in [0.29, 0.717) is 34.3 Å². The fraction of sp³-hybridized carbons (Fsp3) is 0.167. The number of hydrogen-bond acceptors (Lipinski definition) is 3. The molecule has 5 nitrogen and oxygen atoms in total. The number of carbonyl (C=O) groups is 2. The van der Waals surface area contributed by atoms with Crippen LogP contribution in [0.15, 0.2) is 60.7 Å². The summed E-state index contributed by atoms with van der Waals surface area (Å²) in [7, 11) is 0. The van der Waals surface area contributed by atoms with Crippen LogP contribution >= 0.6 is 11.6 Å². The van der Waals surface area contributed by atoms with Gasteiger partial charge in [0, 0.05) is 16.3 Å². The first-order chi connectivity index (χ1) is 14.4. The molecule has 3 aromatic rings. The van der Waals surface area contributed by atoms with E-state index in [9.17, 15) is 9.59 Å². The molecule has 0 unspecified atom stereocenters. The Bertz CT molecular complexity index is 1130. The third-order valence-electron chi connectivity index (χ3n) is 5.18. The lowest BCUT2D eigenvalue weighted by atomic mass is 10.1. The van der Waals surface area contributed by atoms with E-state index in [-0.39, 0.29) is 18.4 Å². The van der Waals surface area contributed by atoms with Gasteiger partial charge in [0.15, 0.2) is 6.61 Å². The fourth-order valence-electron chi connectivity index (χ4n) is 3.31. The van der Waals surface area contributed by atoms with E-state index in [4.69, 9.17) is 16.3 Å². The number of carbonyl (C=O) groups excluding carboxylic acids is 2. The number of aryl methyl sites for hydroxylation is 2. The fourth-order valence-corrected chi connectivity index (χ4v) is 3.44. The highest BCUT2D eigenvalue weighted by molar-refractivity contribution is 6.30. The molecule has 1 aliphatic rings. The number of nitrogens with one attached hydrogen (secondary N) is 1. The molecule has 0 bridgehead atoms. The smallest absolute Gasteiger partial charge is 0.265 e. The summed E-state index contributed by atoms with van der Waals surface area (Å²) in [5, 5.41) is 3.55. The predicted octanol–water partition coefficient (Wildman–Crippen LogP) is 5.13. The number of amides is 2. The van der Waals surface area contributed by atoms with E-state index >= 15 is 0 Å². The average molecular weight is 421 g/mol. The zero-order valence-corrected chi connectivity index (χ0v) is 17.5. The molecule has 0 atom stereocenters. The van der Waals surface area contributed by atoms with Gasteiger partial charge >= 0.3 is 0 Å². The molecular weight excluding hydrogens is 400 g/mol. The Morgan fingerprint density at radius 2 is 1.80 bits per heavy atom. The van der Waals surface area contributed by atoms with Gasteiger partial charge in [-0.3, -0.25) is 9.59 Å². The first-order valence-electron chi connectivity index (χ1n) is 9.61. The Labute approximate surface area is 180 Å². The van der Waals surface area contributed by atoms with E-state index in [1.165, 1.54) is 0 Å². The van der Waals surface area contributed by atoms with Crippen molar-refractivity contribution in [1.29, 1.82) is 0 Å². The van der Waals surface area contributed by atoms with Crippen LogP contribution in [0.25, 0.3) is 0 Å². The van der Waals surface area contributed by atoms with Crippen LogP contribution in [0, 0.1) is 13.8 Å². The molecule has 0 fully saturated rings. The largest absolute Gasteiger partial charge is 0.482 e. The normalized spacial score (nSPS) is 12.9. The lowest BCUT2D eigenvalue weighted by Gasteiger charge is -2.30. The molecule has 6 heteroatoms. The summed E-state index contributed by atoms with van der Waals surface area (Å²) in [6.07, 6.45) is 0. The molecule has 1 aliphatic heterocycles. The van der Waals surface area contributed by atoms with Crippen LogP contribution in [-0.2, 0) is 11.3 Å². The van der Waals surface area contributed by atoms with Gasteiger partial charge in [-0.25, -0.2) is 0 Å². The van der Waals surface area contributed by atoms with Crippen molar-refractivity contribution in [2.24, 2.45) is 0 Å². The van der Waals surface area contributed by atoms with Gasteiger partial charge in [0.05, 0.1) is 12.2 Å². The van der Waals surface area contributed by atoms with Crippen LogP contribution in [0.3, 0.4) is 0 Å². The summed E-state index contributed by atoms with van der Waals surface area (Å²) >= 11 is 5.96. The Morgan fingerprint density at radius 1 is 1.03 bits per heavy atom. The van der Waals surface area contributed by atoms with Crippen LogP contribution in [-0.4, -0.2) is 18.4 Å². The Morgan fingerprint density at radius 3 is 2.53 bits per heavy atom. The van der Waals surface area contributed by atoms with Crippen molar-refractivity contribution in [3.05, 3.63) is 87.9 Å². The second-order valence-corrected chi connectivity index (χ2v) is 7.77. The van der Waals surface area contributed by atoms with E-state index in [2.05, 4.69) is 5.32 Å². The van der Waals surface area contributed by atoms with Gasteiger partial charge in [0.1, 0.15) is 5.75 Å². The molecule has 152 valence electrons. The standard InChI is InChI=1S/C24H21ClN2O3/c1-15-3-6-18(11-16(15)2)24(29)26-20-9-10-22-21(12-20)27(23(28)14-30-22)13-17-4-7-19(25)8-5-17/h3-12H,13-14H2,1-2H3,(H,26,29). The average Bonchev–Trinajstić information content (AvgIpc) is 2.73. The van der Waals surface area contributed by atoms with Crippen LogP contribution in [0.5, 0.6) is 5.75 Å². The molecule has 4 rings (SSSR count). The monoisotopic (exact) mass is 420 g/mol. The summed E-state index contributed by atoms with van der Waals surface area (Å²) in [6.45, 7) is 4.35. The van der Waals surface area contributed by atoms with Crippen molar-refractivity contribution in [3.8, 4) is 5.75 Å². The maximum atomic E-state index is 12.7. The summed E-state index contributed by atoms with van der Waals surface area (Å²) < 4.78 is 5.57. The minimum Gasteiger partial charge on any atom is -0.482 e. The molecule has 0 aromatic heterocycles. The highest BCUT2D eigenvalue weighted by Crippen LogP contribution is 2.35. The number of anilines is 2. The zero-order chi connectivity index (χ0) is 21.3. The zero-order valence-electron chi connectivity index (χ0n) is 16.7. The Balaban J connectivity index is 1.59. The molecule has 0 aliphatic carbocycles. The van der Waals surface area contributed by atoms with Crippen molar-refractivity contribution in [2.75, 3.05) is 16.8 Å². The van der Waals surface area contributed by atoms with E-state index in [1.807, 2.05) is 38.1 Å². The number of nitrogens with zero attached hydrogens (tertiary/aromatic N) is 1. The minimum atomic E-state index is -0.203. The number of rotatable bonds is 4.